The van der Waals surface area contributed by atoms with E-state index >= 15 is 0 Å². The van der Waals surface area contributed by atoms with E-state index in [1.54, 1.807) is 51.1 Å². The molecule has 0 heterocycles. The van der Waals surface area contributed by atoms with Crippen molar-refractivity contribution in [2.75, 3.05) is 7.11 Å². The zero-order valence-electron chi connectivity index (χ0n) is 20.6. The van der Waals surface area contributed by atoms with Gasteiger partial charge in [-0.05, 0) is 38.8 Å². The number of carbonyl (C=O) groups excluding carboxylic acids is 3. The number of rotatable bonds is 8. The maximum Gasteiger partial charge on any atom is 0.417 e. The van der Waals surface area contributed by atoms with E-state index in [9.17, 15) is 32.7 Å². The number of amides is 2. The van der Waals surface area contributed by atoms with Crippen LogP contribution >= 0.6 is 11.6 Å². The number of halogens is 4. The third-order valence-electron chi connectivity index (χ3n) is 5.02. The van der Waals surface area contributed by atoms with Gasteiger partial charge < -0.3 is 25.2 Å². The molecule has 8 nitrogen and oxygen atoms in total. The second-order valence-corrected chi connectivity index (χ2v) is 9.44. The molecule has 0 bridgehead atoms. The van der Waals surface area contributed by atoms with Gasteiger partial charge in [-0.2, -0.15) is 13.2 Å². The number of methoxy groups -OCH3 is 1. The molecule has 0 radical (unpaired) electrons. The van der Waals surface area contributed by atoms with Crippen molar-refractivity contribution in [3.05, 3.63) is 70.2 Å². The van der Waals surface area contributed by atoms with Crippen LogP contribution in [0, 0.1) is 0 Å². The predicted molar refractivity (Wildman–Crippen MR) is 129 cm³/mol. The Hall–Kier alpha value is -3.31. The minimum atomic E-state index is -4.82. The van der Waals surface area contributed by atoms with Crippen LogP contribution < -0.4 is 10.6 Å². The largest absolute Gasteiger partial charge is 0.467 e. The highest BCUT2D eigenvalue weighted by atomic mass is 35.5. The monoisotopic (exact) mass is 544 g/mol. The lowest BCUT2D eigenvalue weighted by Crippen LogP contribution is -2.53. The first-order valence-corrected chi connectivity index (χ1v) is 11.5. The van der Waals surface area contributed by atoms with Crippen LogP contribution in [-0.4, -0.2) is 47.9 Å². The fourth-order valence-corrected chi connectivity index (χ4v) is 3.69. The molecule has 0 saturated carbocycles. The number of carbonyl (C=O) groups is 3. The maximum atomic E-state index is 13.3. The first kappa shape index (κ1) is 29.9. The first-order chi connectivity index (χ1) is 17.1. The summed E-state index contributed by atoms with van der Waals surface area (Å²) in [5, 5.41) is 14.6. The SMILES string of the molecule is COC(=O)C(NC(=O)[C@@H](O)[C@@H](Cc1ccccc1)NC(=O)OC(C)(C)C)c1cccc(C(F)(F)F)c1Cl. The lowest BCUT2D eigenvalue weighted by molar-refractivity contribution is -0.147. The number of hydrogen-bond donors (Lipinski definition) is 3. The Bertz CT molecular complexity index is 1110. The summed E-state index contributed by atoms with van der Waals surface area (Å²) in [5.74, 6) is -2.29. The summed E-state index contributed by atoms with van der Waals surface area (Å²) in [6.45, 7) is 4.88. The summed E-state index contributed by atoms with van der Waals surface area (Å²) in [5.41, 5.74) is -1.82. The van der Waals surface area contributed by atoms with Crippen molar-refractivity contribution in [1.29, 1.82) is 0 Å². The van der Waals surface area contributed by atoms with Crippen molar-refractivity contribution in [2.24, 2.45) is 0 Å². The number of ether oxygens (including phenoxy) is 2. The van der Waals surface area contributed by atoms with E-state index in [4.69, 9.17) is 16.3 Å². The summed E-state index contributed by atoms with van der Waals surface area (Å²) < 4.78 is 49.9. The van der Waals surface area contributed by atoms with Crippen molar-refractivity contribution in [2.45, 2.75) is 57.2 Å². The molecule has 2 aromatic carbocycles. The first-order valence-electron chi connectivity index (χ1n) is 11.1. The summed E-state index contributed by atoms with van der Waals surface area (Å²) in [6, 6.07) is 8.44. The molecule has 0 spiro atoms. The molecule has 2 rings (SSSR count). The molecule has 2 amide bonds. The Balaban J connectivity index is 2.36. The quantitative estimate of drug-likeness (QED) is 0.430. The van der Waals surface area contributed by atoms with Crippen LogP contribution in [0.15, 0.2) is 48.5 Å². The minimum absolute atomic E-state index is 0.0120. The lowest BCUT2D eigenvalue weighted by Gasteiger charge is -2.27. The number of alkyl halides is 3. The number of hydrogen-bond acceptors (Lipinski definition) is 6. The topological polar surface area (TPSA) is 114 Å². The second-order valence-electron chi connectivity index (χ2n) is 9.06. The third-order valence-corrected chi connectivity index (χ3v) is 5.44. The van der Waals surface area contributed by atoms with Crippen LogP contribution in [0.2, 0.25) is 5.02 Å². The molecular weight excluding hydrogens is 517 g/mol. The van der Waals surface area contributed by atoms with Crippen molar-refractivity contribution < 1.29 is 42.1 Å². The number of aliphatic hydroxyl groups is 1. The Morgan fingerprint density at radius 3 is 2.16 bits per heavy atom. The van der Waals surface area contributed by atoms with Crippen molar-refractivity contribution in [3.63, 3.8) is 0 Å². The summed E-state index contributed by atoms with van der Waals surface area (Å²) in [7, 11) is 0.974. The van der Waals surface area contributed by atoms with Crippen LogP contribution in [0.3, 0.4) is 0 Å². The Kier molecular flexibility index (Phi) is 9.93. The van der Waals surface area contributed by atoms with Gasteiger partial charge in [0.15, 0.2) is 12.1 Å². The molecule has 0 aliphatic carbocycles. The normalized spacial score (nSPS) is 14.2. The molecule has 12 heteroatoms. The molecular formula is C25H28ClF3N2O6. The van der Waals surface area contributed by atoms with Gasteiger partial charge in [0.1, 0.15) is 5.60 Å². The molecule has 2 aromatic rings. The molecule has 0 aromatic heterocycles. The number of esters is 1. The molecule has 37 heavy (non-hydrogen) atoms. The minimum Gasteiger partial charge on any atom is -0.467 e. The molecule has 202 valence electrons. The number of alkyl carbamates (subject to hydrolysis) is 1. The molecule has 0 aliphatic rings. The Labute approximate surface area is 217 Å². The molecule has 3 N–H and O–H groups in total. The second kappa shape index (κ2) is 12.3. The van der Waals surface area contributed by atoms with Gasteiger partial charge in [0.25, 0.3) is 5.91 Å². The molecule has 0 saturated heterocycles. The third kappa shape index (κ3) is 8.64. The highest BCUT2D eigenvalue weighted by molar-refractivity contribution is 6.32. The van der Waals surface area contributed by atoms with Crippen molar-refractivity contribution in [1.82, 2.24) is 10.6 Å². The van der Waals surface area contributed by atoms with Crippen LogP contribution in [0.5, 0.6) is 0 Å². The zero-order valence-corrected chi connectivity index (χ0v) is 21.3. The smallest absolute Gasteiger partial charge is 0.417 e. The van der Waals surface area contributed by atoms with E-state index in [0.717, 1.165) is 25.3 Å². The van der Waals surface area contributed by atoms with Gasteiger partial charge in [-0.1, -0.05) is 54.1 Å². The van der Waals surface area contributed by atoms with Gasteiger partial charge in [0, 0.05) is 5.56 Å². The van der Waals surface area contributed by atoms with Gasteiger partial charge >= 0.3 is 18.2 Å². The molecule has 0 aliphatic heterocycles. The highest BCUT2D eigenvalue weighted by Crippen LogP contribution is 2.38. The van der Waals surface area contributed by atoms with Crippen molar-refractivity contribution >= 4 is 29.6 Å². The summed E-state index contributed by atoms with van der Waals surface area (Å²) >= 11 is 5.94. The van der Waals surface area contributed by atoms with Gasteiger partial charge in [-0.25, -0.2) is 9.59 Å². The fourth-order valence-electron chi connectivity index (χ4n) is 3.35. The van der Waals surface area contributed by atoms with Crippen LogP contribution in [0.1, 0.15) is 43.5 Å². The Morgan fingerprint density at radius 2 is 1.62 bits per heavy atom. The predicted octanol–water partition coefficient (Wildman–Crippen LogP) is 4.19. The molecule has 0 fully saturated rings. The Morgan fingerprint density at radius 1 is 1.00 bits per heavy atom. The zero-order chi connectivity index (χ0) is 28.0. The van der Waals surface area contributed by atoms with E-state index in [-0.39, 0.29) is 12.0 Å². The number of nitrogens with one attached hydrogen (secondary N) is 2. The summed E-state index contributed by atoms with van der Waals surface area (Å²) in [6.07, 6.45) is -7.69. The van der Waals surface area contributed by atoms with Crippen LogP contribution in [0.25, 0.3) is 0 Å². The standard InChI is InChI=1S/C25H28ClF3N2O6/c1-24(2,3)37-23(35)30-17(13-14-9-6-5-7-10-14)20(32)21(33)31-19(22(34)36-4)15-11-8-12-16(18(15)26)25(27,28)29/h5-12,17,19-20,32H,13H2,1-4H3,(H,30,35)(H,31,33)/t17-,19?,20+/m1/s1. The van der Waals surface area contributed by atoms with E-state index in [1.807, 2.05) is 0 Å². The van der Waals surface area contributed by atoms with E-state index in [0.29, 0.717) is 5.56 Å². The van der Waals surface area contributed by atoms with Gasteiger partial charge in [0.2, 0.25) is 0 Å². The summed E-state index contributed by atoms with van der Waals surface area (Å²) in [4.78, 5) is 37.8. The van der Waals surface area contributed by atoms with Gasteiger partial charge in [-0.15, -0.1) is 0 Å². The number of aliphatic hydroxyl groups excluding tert-OH is 1. The van der Waals surface area contributed by atoms with Crippen LogP contribution in [0.4, 0.5) is 18.0 Å². The van der Waals surface area contributed by atoms with E-state index in [1.165, 1.54) is 0 Å². The van der Waals surface area contributed by atoms with Gasteiger partial charge in [-0.3, -0.25) is 4.79 Å². The van der Waals surface area contributed by atoms with E-state index < -0.39 is 58.5 Å². The highest BCUT2D eigenvalue weighted by Gasteiger charge is 2.38. The van der Waals surface area contributed by atoms with Crippen molar-refractivity contribution in [3.8, 4) is 0 Å². The lowest BCUT2D eigenvalue weighted by atomic mass is 9.99. The molecule has 1 unspecified atom stereocenters. The number of benzene rings is 2. The average molecular weight is 545 g/mol. The van der Waals surface area contributed by atoms with Crippen LogP contribution in [-0.2, 0) is 31.7 Å². The van der Waals surface area contributed by atoms with Gasteiger partial charge in [0.05, 0.1) is 23.7 Å². The molecule has 3 atom stereocenters. The maximum absolute atomic E-state index is 13.3. The fraction of sp³-hybridized carbons (Fsp3) is 0.400. The average Bonchev–Trinajstić information content (AvgIpc) is 2.80. The van der Waals surface area contributed by atoms with E-state index in [2.05, 4.69) is 15.4 Å².